The molecule has 24 heavy (non-hydrogen) atoms. The summed E-state index contributed by atoms with van der Waals surface area (Å²) < 4.78 is 4.90. The number of rotatable bonds is 8. The van der Waals surface area contributed by atoms with Crippen LogP contribution in [-0.4, -0.2) is 55.9 Å². The average Bonchev–Trinajstić information content (AvgIpc) is 2.54. The van der Waals surface area contributed by atoms with Crippen molar-refractivity contribution in [2.24, 2.45) is 0 Å². The minimum absolute atomic E-state index is 0.0671. The van der Waals surface area contributed by atoms with E-state index in [0.717, 1.165) is 16.3 Å². The highest BCUT2D eigenvalue weighted by atomic mass is 16.5. The van der Waals surface area contributed by atoms with Gasteiger partial charge in [-0.15, -0.1) is 0 Å². The molecular weight excluding hydrogens is 304 g/mol. The molecule has 0 aliphatic carbocycles. The molecule has 0 saturated heterocycles. The van der Waals surface area contributed by atoms with Gasteiger partial charge < -0.3 is 15.2 Å². The Labute approximate surface area is 143 Å². The van der Waals surface area contributed by atoms with Crippen molar-refractivity contribution in [3.8, 4) is 0 Å². The second-order valence-electron chi connectivity index (χ2n) is 6.16. The Morgan fingerprint density at radius 3 is 2.71 bits per heavy atom. The van der Waals surface area contributed by atoms with E-state index in [1.807, 2.05) is 31.2 Å². The van der Waals surface area contributed by atoms with Crippen molar-refractivity contribution < 1.29 is 14.6 Å². The molecule has 0 spiro atoms. The highest BCUT2D eigenvalue weighted by Crippen LogP contribution is 2.23. The summed E-state index contributed by atoms with van der Waals surface area (Å²) in [6.07, 6.45) is -0.594. The van der Waals surface area contributed by atoms with Crippen molar-refractivity contribution in [2.45, 2.75) is 19.1 Å². The van der Waals surface area contributed by atoms with Crippen molar-refractivity contribution >= 4 is 16.7 Å². The lowest BCUT2D eigenvalue weighted by Crippen LogP contribution is -2.40. The quantitative estimate of drug-likeness (QED) is 0.777. The van der Waals surface area contributed by atoms with E-state index in [1.54, 1.807) is 19.1 Å². The van der Waals surface area contributed by atoms with Crippen LogP contribution in [0, 0.1) is 0 Å². The molecule has 0 fully saturated rings. The third kappa shape index (κ3) is 5.03. The van der Waals surface area contributed by atoms with E-state index in [-0.39, 0.29) is 25.1 Å². The van der Waals surface area contributed by atoms with Crippen molar-refractivity contribution in [1.29, 1.82) is 0 Å². The van der Waals surface area contributed by atoms with Crippen LogP contribution in [0.5, 0.6) is 0 Å². The van der Waals surface area contributed by atoms with Gasteiger partial charge in [0.15, 0.2) is 0 Å². The number of hydrogen-bond donors (Lipinski definition) is 2. The monoisotopic (exact) mass is 330 g/mol. The molecule has 2 atom stereocenters. The summed E-state index contributed by atoms with van der Waals surface area (Å²) in [7, 11) is 3.35. The first-order chi connectivity index (χ1) is 11.5. The molecule has 0 heterocycles. The maximum Gasteiger partial charge on any atom is 0.234 e. The second-order valence-corrected chi connectivity index (χ2v) is 6.16. The number of methoxy groups -OCH3 is 1. The number of amides is 1. The maximum absolute atomic E-state index is 12.2. The number of hydrogen-bond acceptors (Lipinski definition) is 4. The third-order valence-corrected chi connectivity index (χ3v) is 3.96. The van der Waals surface area contributed by atoms with Gasteiger partial charge in [0.25, 0.3) is 0 Å². The number of fused-ring (bicyclic) bond motifs is 1. The fourth-order valence-corrected chi connectivity index (χ4v) is 2.91. The van der Waals surface area contributed by atoms with Gasteiger partial charge in [-0.05, 0) is 30.3 Å². The van der Waals surface area contributed by atoms with E-state index in [0.29, 0.717) is 6.54 Å². The fraction of sp³-hybridized carbons (Fsp3) is 0.421. The normalized spacial score (nSPS) is 13.9. The van der Waals surface area contributed by atoms with Gasteiger partial charge in [0.05, 0.1) is 25.3 Å². The van der Waals surface area contributed by atoms with Crippen LogP contribution in [-0.2, 0) is 9.53 Å². The van der Waals surface area contributed by atoms with Crippen molar-refractivity contribution in [3.63, 3.8) is 0 Å². The molecule has 2 aromatic rings. The zero-order valence-corrected chi connectivity index (χ0v) is 14.5. The lowest BCUT2D eigenvalue weighted by atomic mass is 10.00. The molecule has 2 N–H and O–H groups in total. The Kier molecular flexibility index (Phi) is 6.73. The van der Waals surface area contributed by atoms with Gasteiger partial charge in [-0.25, -0.2) is 0 Å². The van der Waals surface area contributed by atoms with Crippen LogP contribution in [0.3, 0.4) is 0 Å². The molecule has 0 aliphatic heterocycles. The molecule has 0 bridgehead atoms. The Bertz CT molecular complexity index is 669. The number of nitrogens with zero attached hydrogens (tertiary/aromatic N) is 1. The highest BCUT2D eigenvalue weighted by molar-refractivity contribution is 5.87. The first kappa shape index (κ1) is 18.4. The van der Waals surface area contributed by atoms with Crippen LogP contribution >= 0.6 is 0 Å². The molecular formula is C19H26N2O3. The smallest absolute Gasteiger partial charge is 0.234 e. The number of carbonyl (C=O) groups is 1. The van der Waals surface area contributed by atoms with Gasteiger partial charge in [0, 0.05) is 13.7 Å². The van der Waals surface area contributed by atoms with Crippen molar-refractivity contribution in [1.82, 2.24) is 10.2 Å². The number of benzene rings is 2. The van der Waals surface area contributed by atoms with Crippen LogP contribution < -0.4 is 5.32 Å². The zero-order chi connectivity index (χ0) is 17.5. The molecule has 2 unspecified atom stereocenters. The maximum atomic E-state index is 12.2. The van der Waals surface area contributed by atoms with Gasteiger partial charge in [0.1, 0.15) is 0 Å². The van der Waals surface area contributed by atoms with Gasteiger partial charge in [-0.3, -0.25) is 9.69 Å². The fourth-order valence-electron chi connectivity index (χ4n) is 2.91. The topological polar surface area (TPSA) is 61.8 Å². The molecule has 5 nitrogen and oxygen atoms in total. The molecule has 0 radical (unpaired) electrons. The van der Waals surface area contributed by atoms with Crippen LogP contribution in [0.1, 0.15) is 18.5 Å². The van der Waals surface area contributed by atoms with Crippen LogP contribution in [0.2, 0.25) is 0 Å². The predicted octanol–water partition coefficient (Wildman–Crippen LogP) is 1.96. The number of aliphatic hydroxyl groups is 1. The van der Waals surface area contributed by atoms with Gasteiger partial charge in [-0.2, -0.15) is 0 Å². The van der Waals surface area contributed by atoms with Crippen LogP contribution in [0.25, 0.3) is 10.8 Å². The minimum Gasteiger partial charge on any atom is -0.389 e. The van der Waals surface area contributed by atoms with E-state index >= 15 is 0 Å². The van der Waals surface area contributed by atoms with E-state index < -0.39 is 6.10 Å². The summed E-state index contributed by atoms with van der Waals surface area (Å²) in [4.78, 5) is 14.0. The molecule has 130 valence electrons. The third-order valence-electron chi connectivity index (χ3n) is 3.96. The van der Waals surface area contributed by atoms with E-state index in [1.165, 1.54) is 0 Å². The summed E-state index contributed by atoms with van der Waals surface area (Å²) in [5.41, 5.74) is 1.10. The summed E-state index contributed by atoms with van der Waals surface area (Å²) in [6.45, 7) is 2.87. The summed E-state index contributed by atoms with van der Waals surface area (Å²) in [5, 5.41) is 15.1. The Balaban J connectivity index is 1.96. The number of aliphatic hydroxyl groups excluding tert-OH is 1. The second kappa shape index (κ2) is 8.78. The lowest BCUT2D eigenvalue weighted by molar-refractivity contribution is -0.122. The molecule has 5 heteroatoms. The number of ether oxygens (including phenoxy) is 1. The minimum atomic E-state index is -0.594. The van der Waals surface area contributed by atoms with Gasteiger partial charge in [-0.1, -0.05) is 42.5 Å². The van der Waals surface area contributed by atoms with E-state index in [4.69, 9.17) is 4.74 Å². The first-order valence-electron chi connectivity index (χ1n) is 8.14. The summed E-state index contributed by atoms with van der Waals surface area (Å²) in [6, 6.07) is 14.2. The molecule has 0 aliphatic rings. The lowest BCUT2D eigenvalue weighted by Gasteiger charge is -2.22. The van der Waals surface area contributed by atoms with Crippen LogP contribution in [0.15, 0.2) is 42.5 Å². The first-order valence-corrected chi connectivity index (χ1v) is 8.14. The zero-order valence-electron chi connectivity index (χ0n) is 14.5. The Hall–Kier alpha value is -1.95. The molecule has 2 aromatic carbocycles. The summed E-state index contributed by atoms with van der Waals surface area (Å²) in [5.74, 6) is -0.0671. The largest absolute Gasteiger partial charge is 0.389 e. The molecule has 1 amide bonds. The van der Waals surface area contributed by atoms with Crippen LogP contribution in [0.4, 0.5) is 0 Å². The molecule has 0 saturated carbocycles. The van der Waals surface area contributed by atoms with E-state index in [9.17, 15) is 9.90 Å². The number of nitrogens with one attached hydrogen (secondary N) is 1. The van der Waals surface area contributed by atoms with E-state index in [2.05, 4.69) is 23.5 Å². The Morgan fingerprint density at radius 2 is 1.96 bits per heavy atom. The average molecular weight is 330 g/mol. The van der Waals surface area contributed by atoms with Crippen molar-refractivity contribution in [3.05, 3.63) is 48.0 Å². The van der Waals surface area contributed by atoms with Gasteiger partial charge in [0.2, 0.25) is 5.91 Å². The SMILES string of the molecule is COCC(O)CN(C)CC(=O)NC(C)c1cccc2ccccc12. The standard InChI is InChI=1S/C19H26N2O3/c1-14(17-10-6-8-15-7-4-5-9-18(15)17)20-19(23)12-21(2)11-16(22)13-24-3/h4-10,14,16,22H,11-13H2,1-3H3,(H,20,23). The summed E-state index contributed by atoms with van der Waals surface area (Å²) >= 11 is 0. The predicted molar refractivity (Wildman–Crippen MR) is 95.9 cm³/mol. The van der Waals surface area contributed by atoms with Gasteiger partial charge >= 0.3 is 0 Å². The van der Waals surface area contributed by atoms with Crippen molar-refractivity contribution in [2.75, 3.05) is 33.9 Å². The molecule has 0 aromatic heterocycles. The number of carbonyl (C=O) groups excluding carboxylic acids is 1. The highest BCUT2D eigenvalue weighted by Gasteiger charge is 2.15. The molecule has 2 rings (SSSR count). The Morgan fingerprint density at radius 1 is 1.25 bits per heavy atom. The number of likely N-dealkylation sites (N-methyl/N-ethyl adjacent to an activating group) is 1.